The van der Waals surface area contributed by atoms with Crippen LogP contribution in [0.1, 0.15) is 12.5 Å². The second-order valence-electron chi connectivity index (χ2n) is 3.35. The van der Waals surface area contributed by atoms with Crippen LogP contribution in [0.3, 0.4) is 0 Å². The Morgan fingerprint density at radius 3 is 2.94 bits per heavy atom. The minimum atomic E-state index is 0.355. The molecule has 0 saturated carbocycles. The van der Waals surface area contributed by atoms with Crippen LogP contribution in [0.4, 0.5) is 5.88 Å². The number of hydrogen-bond acceptors (Lipinski definition) is 3. The van der Waals surface area contributed by atoms with Crippen molar-refractivity contribution in [1.82, 2.24) is 5.16 Å². The van der Waals surface area contributed by atoms with Crippen molar-refractivity contribution in [3.05, 3.63) is 33.3 Å². The van der Waals surface area contributed by atoms with E-state index in [1.165, 1.54) is 0 Å². The van der Waals surface area contributed by atoms with Gasteiger partial charge in [0.05, 0.1) is 5.02 Å². The summed E-state index contributed by atoms with van der Waals surface area (Å²) in [6.07, 6.45) is 0.757. The average molecular weight is 302 g/mol. The molecule has 5 heteroatoms. The van der Waals surface area contributed by atoms with E-state index in [0.717, 1.165) is 22.0 Å². The van der Waals surface area contributed by atoms with E-state index in [1.54, 1.807) is 0 Å². The minimum Gasteiger partial charge on any atom is -0.367 e. The largest absolute Gasteiger partial charge is 0.367 e. The Hall–Kier alpha value is -1.00. The normalized spacial score (nSPS) is 10.7. The Morgan fingerprint density at radius 2 is 2.25 bits per heavy atom. The molecule has 0 fully saturated rings. The van der Waals surface area contributed by atoms with Crippen LogP contribution in [0, 0.1) is 0 Å². The molecule has 0 amide bonds. The summed E-state index contributed by atoms with van der Waals surface area (Å²) in [5.74, 6) is 0.355. The third kappa shape index (κ3) is 1.95. The van der Waals surface area contributed by atoms with Crippen LogP contribution in [0.2, 0.25) is 5.02 Å². The van der Waals surface area contributed by atoms with Gasteiger partial charge in [-0.1, -0.05) is 39.6 Å². The molecule has 0 aliphatic rings. The van der Waals surface area contributed by atoms with E-state index in [9.17, 15) is 0 Å². The zero-order valence-corrected chi connectivity index (χ0v) is 11.0. The van der Waals surface area contributed by atoms with Gasteiger partial charge >= 0.3 is 0 Å². The SMILES string of the molecule is CCc1c(-c2cc(Br)ccc2Cl)noc1N. The quantitative estimate of drug-likeness (QED) is 0.915. The minimum absolute atomic E-state index is 0.355. The van der Waals surface area contributed by atoms with Gasteiger partial charge in [0.2, 0.25) is 5.88 Å². The van der Waals surface area contributed by atoms with Crippen molar-refractivity contribution in [3.63, 3.8) is 0 Å². The van der Waals surface area contributed by atoms with Crippen molar-refractivity contribution in [3.8, 4) is 11.3 Å². The Bertz CT molecular complexity index is 525. The summed E-state index contributed by atoms with van der Waals surface area (Å²) in [6.45, 7) is 2.00. The highest BCUT2D eigenvalue weighted by Gasteiger charge is 2.16. The highest BCUT2D eigenvalue weighted by molar-refractivity contribution is 9.10. The molecule has 1 aromatic heterocycles. The van der Waals surface area contributed by atoms with E-state index in [1.807, 2.05) is 25.1 Å². The fourth-order valence-corrected chi connectivity index (χ4v) is 2.12. The standard InChI is InChI=1S/C11H10BrClN2O/c1-2-7-10(15-16-11(7)14)8-5-6(12)3-4-9(8)13/h3-5H,2,14H2,1H3. The lowest BCUT2D eigenvalue weighted by Gasteiger charge is -2.03. The van der Waals surface area contributed by atoms with E-state index < -0.39 is 0 Å². The summed E-state index contributed by atoms with van der Waals surface area (Å²) >= 11 is 9.52. The number of nitrogens with zero attached hydrogens (tertiary/aromatic N) is 1. The lowest BCUT2D eigenvalue weighted by Crippen LogP contribution is -1.90. The van der Waals surface area contributed by atoms with Crippen LogP contribution in [0.25, 0.3) is 11.3 Å². The lowest BCUT2D eigenvalue weighted by molar-refractivity contribution is 0.438. The molecule has 3 nitrogen and oxygen atoms in total. The summed E-state index contributed by atoms with van der Waals surface area (Å²) in [4.78, 5) is 0. The average Bonchev–Trinajstić information content (AvgIpc) is 2.63. The number of halogens is 2. The molecular weight excluding hydrogens is 291 g/mol. The Labute approximate surface area is 107 Å². The second-order valence-corrected chi connectivity index (χ2v) is 4.67. The van der Waals surface area contributed by atoms with Crippen molar-refractivity contribution in [2.24, 2.45) is 0 Å². The van der Waals surface area contributed by atoms with Gasteiger partial charge in [-0.3, -0.25) is 0 Å². The monoisotopic (exact) mass is 300 g/mol. The number of anilines is 1. The molecule has 1 aromatic carbocycles. The molecule has 0 radical (unpaired) electrons. The molecule has 2 rings (SSSR count). The van der Waals surface area contributed by atoms with Gasteiger partial charge in [0.25, 0.3) is 0 Å². The molecule has 0 spiro atoms. The maximum Gasteiger partial charge on any atom is 0.225 e. The van der Waals surface area contributed by atoms with Crippen LogP contribution in [0.15, 0.2) is 27.2 Å². The topological polar surface area (TPSA) is 52.0 Å². The molecule has 0 bridgehead atoms. The molecule has 1 heterocycles. The van der Waals surface area contributed by atoms with Crippen molar-refractivity contribution in [2.45, 2.75) is 13.3 Å². The maximum absolute atomic E-state index is 6.13. The van der Waals surface area contributed by atoms with Crippen molar-refractivity contribution >= 4 is 33.4 Å². The van der Waals surface area contributed by atoms with E-state index in [-0.39, 0.29) is 0 Å². The van der Waals surface area contributed by atoms with Gasteiger partial charge in [-0.15, -0.1) is 0 Å². The van der Waals surface area contributed by atoms with Crippen molar-refractivity contribution in [2.75, 3.05) is 5.73 Å². The highest BCUT2D eigenvalue weighted by Crippen LogP contribution is 2.34. The first-order valence-electron chi connectivity index (χ1n) is 4.83. The van der Waals surface area contributed by atoms with Gasteiger partial charge in [-0.05, 0) is 24.6 Å². The van der Waals surface area contributed by atoms with Gasteiger partial charge < -0.3 is 10.3 Å². The Kier molecular flexibility index (Phi) is 3.21. The van der Waals surface area contributed by atoms with Gasteiger partial charge in [0.15, 0.2) is 0 Å². The van der Waals surface area contributed by atoms with Gasteiger partial charge in [0, 0.05) is 15.6 Å². The molecular formula is C11H10BrClN2O. The maximum atomic E-state index is 6.13. The predicted molar refractivity (Wildman–Crippen MR) is 68.4 cm³/mol. The van der Waals surface area contributed by atoms with Gasteiger partial charge in [-0.25, -0.2) is 0 Å². The zero-order valence-electron chi connectivity index (χ0n) is 8.63. The number of nitrogen functional groups attached to an aromatic ring is 1. The van der Waals surface area contributed by atoms with Crippen LogP contribution in [0.5, 0.6) is 0 Å². The van der Waals surface area contributed by atoms with E-state index in [2.05, 4.69) is 21.1 Å². The molecule has 0 aliphatic heterocycles. The summed E-state index contributed by atoms with van der Waals surface area (Å²) in [6, 6.07) is 5.59. The first-order chi connectivity index (χ1) is 7.63. The number of aromatic nitrogens is 1. The molecule has 0 atom stereocenters. The number of benzene rings is 1. The third-order valence-electron chi connectivity index (χ3n) is 2.36. The van der Waals surface area contributed by atoms with Gasteiger partial charge in [0.1, 0.15) is 5.69 Å². The number of nitrogens with two attached hydrogens (primary N) is 1. The third-order valence-corrected chi connectivity index (χ3v) is 3.18. The lowest BCUT2D eigenvalue weighted by atomic mass is 10.1. The van der Waals surface area contributed by atoms with Crippen LogP contribution in [-0.2, 0) is 6.42 Å². The second kappa shape index (κ2) is 4.47. The predicted octanol–water partition coefficient (Wildman–Crippen LogP) is 3.90. The summed E-state index contributed by atoms with van der Waals surface area (Å²) in [5.41, 5.74) is 8.12. The van der Waals surface area contributed by atoms with Crippen molar-refractivity contribution < 1.29 is 4.52 Å². The van der Waals surface area contributed by atoms with Gasteiger partial charge in [-0.2, -0.15) is 0 Å². The molecule has 0 aliphatic carbocycles. The van der Waals surface area contributed by atoms with E-state index >= 15 is 0 Å². The van der Waals surface area contributed by atoms with Crippen molar-refractivity contribution in [1.29, 1.82) is 0 Å². The Morgan fingerprint density at radius 1 is 1.50 bits per heavy atom. The highest BCUT2D eigenvalue weighted by atomic mass is 79.9. The number of rotatable bonds is 2. The number of hydrogen-bond donors (Lipinski definition) is 1. The van der Waals surface area contributed by atoms with Crippen LogP contribution >= 0.6 is 27.5 Å². The summed E-state index contributed by atoms with van der Waals surface area (Å²) in [5, 5.41) is 4.58. The summed E-state index contributed by atoms with van der Waals surface area (Å²) < 4.78 is 5.93. The molecule has 0 saturated heterocycles. The molecule has 2 N–H and O–H groups in total. The van der Waals surface area contributed by atoms with E-state index in [4.69, 9.17) is 21.9 Å². The fourth-order valence-electron chi connectivity index (χ4n) is 1.55. The molecule has 84 valence electrons. The summed E-state index contributed by atoms with van der Waals surface area (Å²) in [7, 11) is 0. The fraction of sp³-hybridized carbons (Fsp3) is 0.182. The smallest absolute Gasteiger partial charge is 0.225 e. The van der Waals surface area contributed by atoms with Crippen LogP contribution < -0.4 is 5.73 Å². The Balaban J connectivity index is 2.62. The zero-order chi connectivity index (χ0) is 11.7. The molecule has 0 unspecified atom stereocenters. The first-order valence-corrected chi connectivity index (χ1v) is 6.00. The van der Waals surface area contributed by atoms with E-state index in [0.29, 0.717) is 16.6 Å². The first kappa shape index (κ1) is 11.5. The van der Waals surface area contributed by atoms with Crippen LogP contribution in [-0.4, -0.2) is 5.16 Å². The molecule has 16 heavy (non-hydrogen) atoms. The molecule has 2 aromatic rings.